The van der Waals surface area contributed by atoms with E-state index >= 15 is 0 Å². The number of imidazole rings is 1. The molecule has 0 amide bonds. The zero-order valence-corrected chi connectivity index (χ0v) is 13.9. The van der Waals surface area contributed by atoms with Crippen LogP contribution in [0.4, 0.5) is 11.8 Å². The maximum atomic E-state index is 6.18. The van der Waals surface area contributed by atoms with Crippen LogP contribution in [0.1, 0.15) is 45.8 Å². The van der Waals surface area contributed by atoms with Gasteiger partial charge in [-0.05, 0) is 25.7 Å². The first-order chi connectivity index (χ1) is 11.1. The smallest absolute Gasteiger partial charge is 0.224 e. The van der Waals surface area contributed by atoms with Gasteiger partial charge in [-0.1, -0.05) is 13.8 Å². The third-order valence-electron chi connectivity index (χ3n) is 5.03. The van der Waals surface area contributed by atoms with Crippen molar-refractivity contribution in [2.24, 2.45) is 5.92 Å². The molecule has 1 saturated heterocycles. The monoisotopic (exact) mass is 316 g/mol. The van der Waals surface area contributed by atoms with Crippen LogP contribution in [0.5, 0.6) is 0 Å². The van der Waals surface area contributed by atoms with Gasteiger partial charge >= 0.3 is 0 Å². The highest BCUT2D eigenvalue weighted by Gasteiger charge is 2.35. The standard InChI is InChI=1S/C16H24N6O/c1-4-11-7-9(2)15(23-11)22-8-18-12-13(21(3)10-5-6-10)19-16(17)20-14(12)22/h8-11,15H,4-7H2,1-3H3,(H2,17,19,20)/t9-,11+,15+/m0/s1. The molecule has 3 heterocycles. The molecule has 7 nitrogen and oxygen atoms in total. The van der Waals surface area contributed by atoms with Gasteiger partial charge in [0.25, 0.3) is 0 Å². The van der Waals surface area contributed by atoms with Crippen molar-refractivity contribution < 1.29 is 4.74 Å². The molecule has 2 aliphatic rings. The Bertz CT molecular complexity index is 725. The van der Waals surface area contributed by atoms with Crippen molar-refractivity contribution in [1.29, 1.82) is 0 Å². The lowest BCUT2D eigenvalue weighted by molar-refractivity contribution is -0.00903. The van der Waals surface area contributed by atoms with Crippen molar-refractivity contribution >= 4 is 22.9 Å². The molecule has 2 aromatic rings. The van der Waals surface area contributed by atoms with Gasteiger partial charge in [0.1, 0.15) is 6.23 Å². The van der Waals surface area contributed by atoms with Crippen molar-refractivity contribution in [2.45, 2.75) is 57.9 Å². The van der Waals surface area contributed by atoms with Crippen LogP contribution in [-0.4, -0.2) is 38.7 Å². The van der Waals surface area contributed by atoms with Crippen LogP contribution in [0.2, 0.25) is 0 Å². The molecular formula is C16H24N6O. The fourth-order valence-electron chi connectivity index (χ4n) is 3.51. The molecule has 124 valence electrons. The lowest BCUT2D eigenvalue weighted by atomic mass is 10.0. The third kappa shape index (κ3) is 2.43. The van der Waals surface area contributed by atoms with Crippen molar-refractivity contribution in [2.75, 3.05) is 17.7 Å². The van der Waals surface area contributed by atoms with Gasteiger partial charge in [-0.25, -0.2) is 4.98 Å². The van der Waals surface area contributed by atoms with E-state index in [9.17, 15) is 0 Å². The summed E-state index contributed by atoms with van der Waals surface area (Å²) in [6, 6.07) is 0.545. The number of ether oxygens (including phenoxy) is 1. The number of nitrogen functional groups attached to an aromatic ring is 1. The second kappa shape index (κ2) is 5.33. The molecule has 0 radical (unpaired) electrons. The minimum absolute atomic E-state index is 0.0293. The van der Waals surface area contributed by atoms with Gasteiger partial charge in [0.15, 0.2) is 17.0 Å². The van der Waals surface area contributed by atoms with E-state index in [2.05, 4.69) is 40.7 Å². The molecule has 2 N–H and O–H groups in total. The van der Waals surface area contributed by atoms with Gasteiger partial charge in [-0.2, -0.15) is 9.97 Å². The highest BCUT2D eigenvalue weighted by atomic mass is 16.5. The number of anilines is 2. The maximum absolute atomic E-state index is 6.18. The Morgan fingerprint density at radius 3 is 2.83 bits per heavy atom. The first kappa shape index (κ1) is 14.7. The molecule has 0 spiro atoms. The van der Waals surface area contributed by atoms with E-state index in [1.165, 1.54) is 12.8 Å². The van der Waals surface area contributed by atoms with E-state index in [4.69, 9.17) is 10.5 Å². The number of aromatic nitrogens is 4. The summed E-state index contributed by atoms with van der Waals surface area (Å²) in [5, 5.41) is 0. The lowest BCUT2D eigenvalue weighted by Gasteiger charge is -2.19. The van der Waals surface area contributed by atoms with Crippen LogP contribution in [0.25, 0.3) is 11.2 Å². The highest BCUT2D eigenvalue weighted by Crippen LogP contribution is 2.38. The zero-order valence-electron chi connectivity index (χ0n) is 13.9. The summed E-state index contributed by atoms with van der Waals surface area (Å²) in [4.78, 5) is 15.6. The van der Waals surface area contributed by atoms with Crippen molar-refractivity contribution in [3.05, 3.63) is 6.33 Å². The largest absolute Gasteiger partial charge is 0.368 e. The van der Waals surface area contributed by atoms with Crippen LogP contribution < -0.4 is 10.6 Å². The molecule has 0 bridgehead atoms. The Morgan fingerprint density at radius 2 is 2.17 bits per heavy atom. The summed E-state index contributed by atoms with van der Waals surface area (Å²) in [5.41, 5.74) is 7.55. The third-order valence-corrected chi connectivity index (χ3v) is 5.03. The number of nitrogens with zero attached hydrogens (tertiary/aromatic N) is 5. The fourth-order valence-corrected chi connectivity index (χ4v) is 3.51. The SMILES string of the molecule is CC[C@@H]1C[C@H](C)[C@H](n2cnc3c(N(C)C4CC4)nc(N)nc32)O1. The van der Waals surface area contributed by atoms with Gasteiger partial charge in [0, 0.05) is 19.0 Å². The number of fused-ring (bicyclic) bond motifs is 1. The molecule has 23 heavy (non-hydrogen) atoms. The molecule has 0 aromatic carbocycles. The van der Waals surface area contributed by atoms with E-state index < -0.39 is 0 Å². The molecule has 2 fully saturated rings. The van der Waals surface area contributed by atoms with Gasteiger partial charge in [0.05, 0.1) is 12.4 Å². The molecule has 1 aliphatic heterocycles. The van der Waals surface area contributed by atoms with Gasteiger partial charge in [-0.15, -0.1) is 0 Å². The molecule has 3 atom stereocenters. The van der Waals surface area contributed by atoms with Gasteiger partial charge in [0.2, 0.25) is 5.95 Å². The summed E-state index contributed by atoms with van der Waals surface area (Å²) in [5.74, 6) is 1.55. The van der Waals surface area contributed by atoms with Crippen molar-refractivity contribution in [3.63, 3.8) is 0 Å². The summed E-state index contributed by atoms with van der Waals surface area (Å²) in [6.45, 7) is 4.38. The average Bonchev–Trinajstić information content (AvgIpc) is 3.20. The fraction of sp³-hybridized carbons (Fsp3) is 0.688. The molecule has 4 rings (SSSR count). The summed E-state index contributed by atoms with van der Waals surface area (Å²) >= 11 is 0. The minimum atomic E-state index is -0.0293. The second-order valence-corrected chi connectivity index (χ2v) is 6.84. The van der Waals surface area contributed by atoms with E-state index in [0.717, 1.165) is 29.8 Å². The first-order valence-corrected chi connectivity index (χ1v) is 8.46. The van der Waals surface area contributed by atoms with E-state index in [1.807, 2.05) is 10.9 Å². The van der Waals surface area contributed by atoms with Crippen LogP contribution in [0.3, 0.4) is 0 Å². The number of rotatable bonds is 4. The topological polar surface area (TPSA) is 82.1 Å². The lowest BCUT2D eigenvalue weighted by Crippen LogP contribution is -2.22. The minimum Gasteiger partial charge on any atom is -0.368 e. The second-order valence-electron chi connectivity index (χ2n) is 6.84. The molecule has 1 aliphatic carbocycles. The predicted octanol–water partition coefficient (Wildman–Crippen LogP) is 2.34. The van der Waals surface area contributed by atoms with E-state index in [0.29, 0.717) is 24.0 Å². The molecular weight excluding hydrogens is 292 g/mol. The molecule has 7 heteroatoms. The Labute approximate surface area is 135 Å². The summed E-state index contributed by atoms with van der Waals surface area (Å²) in [6.07, 6.45) is 6.59. The zero-order chi connectivity index (χ0) is 16.1. The molecule has 1 saturated carbocycles. The quantitative estimate of drug-likeness (QED) is 0.932. The Balaban J connectivity index is 1.77. The normalized spacial score (nSPS) is 27.7. The highest BCUT2D eigenvalue weighted by molar-refractivity contribution is 5.85. The number of nitrogens with two attached hydrogens (primary N) is 1. The predicted molar refractivity (Wildman–Crippen MR) is 89.1 cm³/mol. The van der Waals surface area contributed by atoms with E-state index in [-0.39, 0.29) is 6.23 Å². The molecule has 2 aromatic heterocycles. The Hall–Kier alpha value is -1.89. The summed E-state index contributed by atoms with van der Waals surface area (Å²) < 4.78 is 8.21. The van der Waals surface area contributed by atoms with Crippen LogP contribution >= 0.6 is 0 Å². The van der Waals surface area contributed by atoms with E-state index in [1.54, 1.807) is 0 Å². The Kier molecular flexibility index (Phi) is 3.41. The van der Waals surface area contributed by atoms with Crippen molar-refractivity contribution in [1.82, 2.24) is 19.5 Å². The van der Waals surface area contributed by atoms with Gasteiger partial charge in [-0.3, -0.25) is 4.57 Å². The van der Waals surface area contributed by atoms with Crippen LogP contribution in [0.15, 0.2) is 6.33 Å². The Morgan fingerprint density at radius 1 is 1.39 bits per heavy atom. The molecule has 0 unspecified atom stereocenters. The van der Waals surface area contributed by atoms with Gasteiger partial charge < -0.3 is 15.4 Å². The number of hydrogen-bond donors (Lipinski definition) is 1. The van der Waals surface area contributed by atoms with Crippen LogP contribution in [-0.2, 0) is 4.74 Å². The van der Waals surface area contributed by atoms with Crippen molar-refractivity contribution in [3.8, 4) is 0 Å². The number of hydrogen-bond acceptors (Lipinski definition) is 6. The first-order valence-electron chi connectivity index (χ1n) is 8.46. The maximum Gasteiger partial charge on any atom is 0.224 e. The average molecular weight is 316 g/mol. The van der Waals surface area contributed by atoms with Crippen LogP contribution in [0, 0.1) is 5.92 Å². The summed E-state index contributed by atoms with van der Waals surface area (Å²) in [7, 11) is 2.06.